The van der Waals surface area contributed by atoms with Crippen LogP contribution in [0, 0.1) is 0 Å². The van der Waals surface area contributed by atoms with Gasteiger partial charge in [0.1, 0.15) is 24.0 Å². The normalized spacial score (nSPS) is 14.2. The van der Waals surface area contributed by atoms with Gasteiger partial charge in [0.15, 0.2) is 6.10 Å². The van der Waals surface area contributed by atoms with E-state index in [0.717, 1.165) is 65.2 Å². The molecule has 0 aliphatic rings. The zero-order chi connectivity index (χ0) is 29.7. The largest absolute Gasteiger partial charge is 0.463 e. The maximum Gasteiger partial charge on any atom is 0.303 e. The molecule has 10 heteroatoms. The van der Waals surface area contributed by atoms with E-state index < -0.39 is 54.8 Å². The van der Waals surface area contributed by atoms with Crippen molar-refractivity contribution in [2.24, 2.45) is 0 Å². The number of ether oxygens (including phenoxy) is 3. The number of allylic oxidation sites excluding steroid dienone is 1. The number of amides is 1. The van der Waals surface area contributed by atoms with E-state index in [1.807, 2.05) is 6.08 Å². The second kappa shape index (κ2) is 21.1. The van der Waals surface area contributed by atoms with Gasteiger partial charge < -0.3 is 24.6 Å². The van der Waals surface area contributed by atoms with Crippen LogP contribution >= 0.6 is 0 Å². The van der Waals surface area contributed by atoms with Gasteiger partial charge in [-0.25, -0.2) is 0 Å². The molecule has 0 radical (unpaired) electrons. The highest BCUT2D eigenvalue weighted by Gasteiger charge is 2.48. The lowest BCUT2D eigenvalue weighted by Gasteiger charge is -2.41. The van der Waals surface area contributed by atoms with Crippen molar-refractivity contribution in [2.45, 2.75) is 129 Å². The quantitative estimate of drug-likeness (QED) is 0.0872. The highest BCUT2D eigenvalue weighted by atomic mass is 16.6. The van der Waals surface area contributed by atoms with Crippen LogP contribution in [0.1, 0.15) is 112 Å². The van der Waals surface area contributed by atoms with Crippen molar-refractivity contribution in [1.29, 1.82) is 0 Å². The first-order valence-electron chi connectivity index (χ1n) is 14.0. The summed E-state index contributed by atoms with van der Waals surface area (Å²) in [5.74, 6) is -2.26. The Morgan fingerprint density at radius 2 is 1.38 bits per heavy atom. The number of Topliss-reactive ketones (excluding diaryl/α,β-unsaturated/α-hetero) is 1. The molecule has 0 aliphatic carbocycles. The van der Waals surface area contributed by atoms with Crippen molar-refractivity contribution >= 4 is 29.6 Å². The topological polar surface area (TPSA) is 145 Å². The predicted octanol–water partition coefficient (Wildman–Crippen LogP) is 4.11. The number of carbonyl (C=O) groups is 5. The molecule has 224 valence electrons. The fourth-order valence-corrected chi connectivity index (χ4v) is 4.28. The summed E-state index contributed by atoms with van der Waals surface area (Å²) in [5.41, 5.74) is -1.73. The van der Waals surface area contributed by atoms with E-state index in [-0.39, 0.29) is 6.42 Å². The Balaban J connectivity index is 5.11. The van der Waals surface area contributed by atoms with Crippen molar-refractivity contribution in [3.63, 3.8) is 0 Å². The number of hydrogen-bond acceptors (Lipinski definition) is 9. The zero-order valence-corrected chi connectivity index (χ0v) is 24.4. The van der Waals surface area contributed by atoms with Crippen LogP contribution in [0.2, 0.25) is 0 Å². The van der Waals surface area contributed by atoms with E-state index in [0.29, 0.717) is 18.6 Å². The molecule has 0 unspecified atom stereocenters. The molecule has 0 rings (SSSR count). The Kier molecular flexibility index (Phi) is 19.6. The third-order valence-electron chi connectivity index (χ3n) is 6.15. The Labute approximate surface area is 233 Å². The van der Waals surface area contributed by atoms with E-state index in [1.54, 1.807) is 6.08 Å². The molecule has 0 aromatic carbocycles. The summed E-state index contributed by atoms with van der Waals surface area (Å²) in [6, 6.07) is 0. The smallest absolute Gasteiger partial charge is 0.303 e. The minimum absolute atomic E-state index is 0.130. The van der Waals surface area contributed by atoms with Crippen LogP contribution in [0.4, 0.5) is 0 Å². The summed E-state index contributed by atoms with van der Waals surface area (Å²) >= 11 is 0. The molecule has 0 bridgehead atoms. The lowest BCUT2D eigenvalue weighted by molar-refractivity contribution is -0.181. The third-order valence-corrected chi connectivity index (χ3v) is 6.15. The number of aliphatic hydroxyl groups excluding tert-OH is 1. The molecule has 0 aromatic heterocycles. The second-order valence-corrected chi connectivity index (χ2v) is 9.96. The van der Waals surface area contributed by atoms with Crippen LogP contribution in [-0.4, -0.2) is 65.7 Å². The number of unbranched alkanes of at least 4 members (excludes halogenated alkanes) is 7. The first-order valence-corrected chi connectivity index (χ1v) is 14.0. The minimum Gasteiger partial charge on any atom is -0.463 e. The van der Waals surface area contributed by atoms with Crippen molar-refractivity contribution in [3.8, 4) is 0 Å². The first kappa shape index (κ1) is 36.2. The Morgan fingerprint density at radius 1 is 0.795 bits per heavy atom. The average molecular weight is 556 g/mol. The first-order chi connectivity index (χ1) is 18.5. The molecule has 0 aliphatic heterocycles. The number of carbonyl (C=O) groups excluding carboxylic acids is 5. The third kappa shape index (κ3) is 17.5. The second-order valence-electron chi connectivity index (χ2n) is 9.96. The van der Waals surface area contributed by atoms with Gasteiger partial charge in [-0.2, -0.15) is 0 Å². The highest BCUT2D eigenvalue weighted by molar-refractivity contribution is 5.78. The number of hydrogen-bond donors (Lipinski definition) is 2. The molecule has 0 spiro atoms. The van der Waals surface area contributed by atoms with Crippen LogP contribution in [0.5, 0.6) is 0 Å². The lowest BCUT2D eigenvalue weighted by Crippen LogP contribution is -2.66. The molecule has 0 saturated carbocycles. The van der Waals surface area contributed by atoms with Gasteiger partial charge in [0.2, 0.25) is 5.91 Å². The van der Waals surface area contributed by atoms with E-state index in [1.165, 1.54) is 20.3 Å². The minimum atomic E-state index is -1.73. The number of aliphatic hydroxyl groups is 1. The maximum atomic E-state index is 12.0. The molecule has 10 nitrogen and oxygen atoms in total. The van der Waals surface area contributed by atoms with Gasteiger partial charge in [-0.15, -0.1) is 0 Å². The van der Waals surface area contributed by atoms with Gasteiger partial charge in [0, 0.05) is 47.0 Å². The van der Waals surface area contributed by atoms with Gasteiger partial charge >= 0.3 is 17.9 Å². The molecule has 39 heavy (non-hydrogen) atoms. The SMILES string of the molecule is CCCCCCC(=O)CCCCCC/C=C/C[C@@H](OC(C)=O)[C@H](OC(C)=O)[C@](CO)(COC(C)=O)NC(C)=O. The summed E-state index contributed by atoms with van der Waals surface area (Å²) in [4.78, 5) is 59.2. The van der Waals surface area contributed by atoms with E-state index in [4.69, 9.17) is 14.2 Å². The Bertz CT molecular complexity index is 796. The molecule has 2 N–H and O–H groups in total. The van der Waals surface area contributed by atoms with E-state index in [2.05, 4.69) is 12.2 Å². The fraction of sp³-hybridized carbons (Fsp3) is 0.759. The number of rotatable bonds is 22. The van der Waals surface area contributed by atoms with Crippen LogP contribution < -0.4 is 5.32 Å². The summed E-state index contributed by atoms with van der Waals surface area (Å²) in [5, 5.41) is 12.8. The molecule has 3 atom stereocenters. The van der Waals surface area contributed by atoms with Crippen LogP contribution in [-0.2, 0) is 38.2 Å². The van der Waals surface area contributed by atoms with Crippen molar-refractivity contribution < 1.29 is 43.3 Å². The molecule has 0 aromatic rings. The fourth-order valence-electron chi connectivity index (χ4n) is 4.28. The van der Waals surface area contributed by atoms with Gasteiger partial charge in [0.25, 0.3) is 0 Å². The number of esters is 3. The Hall–Kier alpha value is -2.75. The van der Waals surface area contributed by atoms with Gasteiger partial charge in [0.05, 0.1) is 6.61 Å². The Morgan fingerprint density at radius 3 is 1.90 bits per heavy atom. The van der Waals surface area contributed by atoms with Gasteiger partial charge in [-0.1, -0.05) is 51.2 Å². The molecular weight excluding hydrogens is 506 g/mol. The highest BCUT2D eigenvalue weighted by Crippen LogP contribution is 2.24. The van der Waals surface area contributed by atoms with E-state index >= 15 is 0 Å². The summed E-state index contributed by atoms with van der Waals surface area (Å²) in [6.07, 6.45) is 11.7. The maximum absolute atomic E-state index is 12.0. The van der Waals surface area contributed by atoms with Crippen molar-refractivity contribution in [3.05, 3.63) is 12.2 Å². The molecule has 1 amide bonds. The monoisotopic (exact) mass is 555 g/mol. The standard InChI is InChI=1S/C29H49NO9/c1-6-7-8-14-17-26(36)18-15-12-10-9-11-13-16-19-27(38-24(4)34)28(39-25(5)35)29(20-31,30-22(2)32)21-37-23(3)33/h13,16,27-28,31H,6-12,14-15,17-21H2,1-5H3,(H,30,32)/b16-13+/t27-,28+,29+/m1/s1. The van der Waals surface area contributed by atoms with E-state index in [9.17, 15) is 29.1 Å². The molecule has 0 fully saturated rings. The van der Waals surface area contributed by atoms with Crippen LogP contribution in [0.15, 0.2) is 12.2 Å². The number of nitrogens with one attached hydrogen (secondary N) is 1. The van der Waals surface area contributed by atoms with Crippen LogP contribution in [0.3, 0.4) is 0 Å². The van der Waals surface area contributed by atoms with Gasteiger partial charge in [-0.3, -0.25) is 24.0 Å². The molecular formula is C29H49NO9. The zero-order valence-electron chi connectivity index (χ0n) is 24.4. The lowest BCUT2D eigenvalue weighted by atomic mass is 9.87. The summed E-state index contributed by atoms with van der Waals surface area (Å²) in [7, 11) is 0. The average Bonchev–Trinajstić information content (AvgIpc) is 2.85. The summed E-state index contributed by atoms with van der Waals surface area (Å²) in [6.45, 7) is 5.61. The number of ketones is 1. The van der Waals surface area contributed by atoms with Crippen molar-refractivity contribution in [2.75, 3.05) is 13.2 Å². The molecule has 0 saturated heterocycles. The molecule has 0 heterocycles. The van der Waals surface area contributed by atoms with Crippen molar-refractivity contribution in [1.82, 2.24) is 5.32 Å². The predicted molar refractivity (Wildman–Crippen MR) is 147 cm³/mol. The summed E-state index contributed by atoms with van der Waals surface area (Å²) < 4.78 is 15.9. The van der Waals surface area contributed by atoms with Gasteiger partial charge in [-0.05, 0) is 25.7 Å². The van der Waals surface area contributed by atoms with Crippen LogP contribution in [0.25, 0.3) is 0 Å².